The Morgan fingerprint density at radius 3 is 2.56 bits per heavy atom. The minimum absolute atomic E-state index is 0.0509. The molecule has 0 bridgehead atoms. The fourth-order valence-corrected chi connectivity index (χ4v) is 6.26. The van der Waals surface area contributed by atoms with E-state index in [-0.39, 0.29) is 30.8 Å². The molecule has 3 heterocycles. The number of thiazole rings is 1. The van der Waals surface area contributed by atoms with Crippen LogP contribution in [0.15, 0.2) is 66.2 Å². The lowest BCUT2D eigenvalue weighted by molar-refractivity contribution is -0.151. The molecule has 2 aromatic carbocycles. The summed E-state index contributed by atoms with van der Waals surface area (Å²) in [6.07, 6.45) is 4.52. The number of aryl methyl sites for hydroxylation is 1. The molecule has 2 fully saturated rings. The standard InChI is InChI=1S/C29H31N5O4S/c30-22-9-6-21(7-10-22)16-29(19-35,28-31-14-15-39-28)32-27(38)24-12-11-23-17-33(18-26(37)34(23)24)25(36)13-8-20-4-2-1-3-5-20/h1-7,9-10,14-15,19,23-24H,8,11-13,16-18,30H2,(H,32,38). The molecule has 5 rings (SSSR count). The minimum atomic E-state index is -1.38. The number of nitrogen functional groups attached to an aromatic ring is 1. The Morgan fingerprint density at radius 1 is 1.10 bits per heavy atom. The van der Waals surface area contributed by atoms with Crippen LogP contribution in [0, 0.1) is 0 Å². The molecule has 9 nitrogen and oxygen atoms in total. The van der Waals surface area contributed by atoms with Crippen molar-refractivity contribution in [3.8, 4) is 0 Å². The van der Waals surface area contributed by atoms with Gasteiger partial charge < -0.3 is 25.6 Å². The zero-order chi connectivity index (χ0) is 27.4. The van der Waals surface area contributed by atoms with Crippen LogP contribution >= 0.6 is 11.3 Å². The number of aldehydes is 1. The van der Waals surface area contributed by atoms with Crippen molar-refractivity contribution >= 4 is 41.0 Å². The first-order valence-electron chi connectivity index (χ1n) is 13.0. The van der Waals surface area contributed by atoms with Gasteiger partial charge in [-0.1, -0.05) is 42.5 Å². The lowest BCUT2D eigenvalue weighted by Crippen LogP contribution is -2.61. The number of rotatable bonds is 9. The second kappa shape index (κ2) is 11.4. The van der Waals surface area contributed by atoms with Crippen molar-refractivity contribution in [3.05, 3.63) is 82.3 Å². The summed E-state index contributed by atoms with van der Waals surface area (Å²) in [6.45, 7) is 0.352. The van der Waals surface area contributed by atoms with E-state index in [1.807, 2.05) is 42.5 Å². The molecule has 2 aliphatic rings. The molecule has 3 amide bonds. The summed E-state index contributed by atoms with van der Waals surface area (Å²) in [7, 11) is 0. The number of anilines is 1. The molecule has 3 N–H and O–H groups in total. The molecule has 39 heavy (non-hydrogen) atoms. The molecule has 2 aliphatic heterocycles. The average Bonchev–Trinajstić information content (AvgIpc) is 3.64. The Morgan fingerprint density at radius 2 is 1.87 bits per heavy atom. The first kappa shape index (κ1) is 26.6. The topological polar surface area (TPSA) is 126 Å². The summed E-state index contributed by atoms with van der Waals surface area (Å²) in [6, 6.07) is 16.0. The van der Waals surface area contributed by atoms with Gasteiger partial charge in [-0.3, -0.25) is 14.4 Å². The highest BCUT2D eigenvalue weighted by atomic mass is 32.1. The molecular weight excluding hydrogens is 514 g/mol. The van der Waals surface area contributed by atoms with Crippen LogP contribution in [0.3, 0.4) is 0 Å². The number of aromatic nitrogens is 1. The summed E-state index contributed by atoms with van der Waals surface area (Å²) >= 11 is 1.28. The van der Waals surface area contributed by atoms with Crippen LogP contribution in [0.1, 0.15) is 35.4 Å². The predicted octanol–water partition coefficient (Wildman–Crippen LogP) is 2.31. The molecule has 3 aromatic rings. The Labute approximate surface area is 231 Å². The number of carbonyl (C=O) groups excluding carboxylic acids is 4. The number of fused-ring (bicyclic) bond motifs is 1. The third-order valence-corrected chi connectivity index (χ3v) is 8.45. The molecule has 0 aliphatic carbocycles. The number of carbonyl (C=O) groups is 4. The van der Waals surface area contributed by atoms with Crippen molar-refractivity contribution in [1.29, 1.82) is 0 Å². The van der Waals surface area contributed by atoms with Gasteiger partial charge in [-0.2, -0.15) is 0 Å². The largest absolute Gasteiger partial charge is 0.399 e. The first-order valence-corrected chi connectivity index (χ1v) is 13.9. The van der Waals surface area contributed by atoms with Gasteiger partial charge in [0.1, 0.15) is 11.0 Å². The highest BCUT2D eigenvalue weighted by Gasteiger charge is 2.47. The zero-order valence-corrected chi connectivity index (χ0v) is 22.3. The van der Waals surface area contributed by atoms with E-state index in [2.05, 4.69) is 10.3 Å². The highest BCUT2D eigenvalue weighted by molar-refractivity contribution is 7.09. The lowest BCUT2D eigenvalue weighted by atomic mass is 9.92. The van der Waals surface area contributed by atoms with Crippen molar-refractivity contribution in [2.75, 3.05) is 18.8 Å². The van der Waals surface area contributed by atoms with Crippen LogP contribution < -0.4 is 11.1 Å². The molecule has 0 spiro atoms. The van der Waals surface area contributed by atoms with E-state index in [1.165, 1.54) is 11.3 Å². The second-order valence-corrected chi connectivity index (χ2v) is 11.0. The van der Waals surface area contributed by atoms with Crippen LogP contribution in [0.25, 0.3) is 0 Å². The van der Waals surface area contributed by atoms with Crippen LogP contribution in [0.5, 0.6) is 0 Å². The van der Waals surface area contributed by atoms with Gasteiger partial charge in [-0.15, -0.1) is 11.3 Å². The zero-order valence-electron chi connectivity index (χ0n) is 21.5. The fraction of sp³-hybridized carbons (Fsp3) is 0.345. The van der Waals surface area contributed by atoms with Crippen molar-refractivity contribution < 1.29 is 19.2 Å². The highest BCUT2D eigenvalue weighted by Crippen LogP contribution is 2.32. The average molecular weight is 546 g/mol. The van der Waals surface area contributed by atoms with Crippen molar-refractivity contribution in [2.45, 2.75) is 49.7 Å². The maximum absolute atomic E-state index is 13.6. The number of amides is 3. The maximum Gasteiger partial charge on any atom is 0.243 e. The fourth-order valence-electron chi connectivity index (χ4n) is 5.50. The van der Waals surface area contributed by atoms with E-state index in [0.717, 1.165) is 17.4 Å². The number of nitrogens with two attached hydrogens (primary N) is 1. The summed E-state index contributed by atoms with van der Waals surface area (Å²) in [4.78, 5) is 59.9. The Bertz CT molecular complexity index is 1330. The number of benzene rings is 2. The van der Waals surface area contributed by atoms with E-state index in [9.17, 15) is 19.2 Å². The number of nitrogens with one attached hydrogen (secondary N) is 1. The third-order valence-electron chi connectivity index (χ3n) is 7.50. The summed E-state index contributed by atoms with van der Waals surface area (Å²) in [5.41, 5.74) is 6.93. The van der Waals surface area contributed by atoms with Crippen molar-refractivity contribution in [3.63, 3.8) is 0 Å². The Kier molecular flexibility index (Phi) is 7.74. The van der Waals surface area contributed by atoms with Crippen LogP contribution in [0.2, 0.25) is 0 Å². The van der Waals surface area contributed by atoms with Crippen LogP contribution in [-0.4, -0.2) is 64.0 Å². The molecule has 202 valence electrons. The normalized spacial score (nSPS) is 20.3. The third kappa shape index (κ3) is 5.70. The van der Waals surface area contributed by atoms with Gasteiger partial charge >= 0.3 is 0 Å². The van der Waals surface area contributed by atoms with E-state index >= 15 is 0 Å². The quantitative estimate of drug-likeness (QED) is 0.314. The van der Waals surface area contributed by atoms with Gasteiger partial charge in [-0.05, 0) is 42.5 Å². The summed E-state index contributed by atoms with van der Waals surface area (Å²) in [5, 5.41) is 5.17. The first-order chi connectivity index (χ1) is 18.9. The van der Waals surface area contributed by atoms with Crippen molar-refractivity contribution in [1.82, 2.24) is 20.1 Å². The van der Waals surface area contributed by atoms with E-state index in [1.54, 1.807) is 33.5 Å². The van der Waals surface area contributed by atoms with Crippen LogP contribution in [-0.2, 0) is 37.6 Å². The predicted molar refractivity (Wildman–Crippen MR) is 148 cm³/mol. The number of hydrogen-bond acceptors (Lipinski definition) is 7. The maximum atomic E-state index is 13.6. The lowest BCUT2D eigenvalue weighted by Gasteiger charge is -2.40. The summed E-state index contributed by atoms with van der Waals surface area (Å²) in [5.74, 6) is -0.708. The Hall–Kier alpha value is -4.05. The van der Waals surface area contributed by atoms with Crippen LogP contribution in [0.4, 0.5) is 5.69 Å². The number of nitrogens with zero attached hydrogens (tertiary/aromatic N) is 3. The molecule has 0 radical (unpaired) electrons. The molecule has 0 saturated carbocycles. The molecule has 3 unspecified atom stereocenters. The van der Waals surface area contributed by atoms with Gasteiger partial charge in [0.25, 0.3) is 0 Å². The molecule has 10 heteroatoms. The smallest absolute Gasteiger partial charge is 0.243 e. The van der Waals surface area contributed by atoms with Gasteiger partial charge in [0.2, 0.25) is 17.7 Å². The Balaban J connectivity index is 1.27. The molecule has 3 atom stereocenters. The van der Waals surface area contributed by atoms with E-state index in [4.69, 9.17) is 5.73 Å². The molecular formula is C29H31N5O4S. The SMILES string of the molecule is Nc1ccc(CC(C=O)(NC(=O)C2CCC3CN(C(=O)CCc4ccccc4)CC(=O)N32)c2nccs2)cc1. The molecule has 1 aromatic heterocycles. The molecule has 2 saturated heterocycles. The van der Waals surface area contributed by atoms with Gasteiger partial charge in [0, 0.05) is 36.7 Å². The minimum Gasteiger partial charge on any atom is -0.399 e. The monoisotopic (exact) mass is 545 g/mol. The second-order valence-electron chi connectivity index (χ2n) is 10.1. The van der Waals surface area contributed by atoms with Gasteiger partial charge in [0.15, 0.2) is 11.8 Å². The van der Waals surface area contributed by atoms with E-state index < -0.39 is 17.5 Å². The van der Waals surface area contributed by atoms with Gasteiger partial charge in [-0.25, -0.2) is 4.98 Å². The number of hydrogen-bond donors (Lipinski definition) is 2. The summed E-state index contributed by atoms with van der Waals surface area (Å²) < 4.78 is 0. The number of piperazine rings is 1. The van der Waals surface area contributed by atoms with Gasteiger partial charge in [0.05, 0.1) is 12.6 Å². The van der Waals surface area contributed by atoms with Crippen molar-refractivity contribution in [2.24, 2.45) is 0 Å². The van der Waals surface area contributed by atoms with E-state index in [0.29, 0.717) is 42.9 Å².